The van der Waals surface area contributed by atoms with Gasteiger partial charge in [-0.15, -0.1) is 0 Å². The van der Waals surface area contributed by atoms with Crippen molar-refractivity contribution < 1.29 is 8.42 Å². The molecule has 6 nitrogen and oxygen atoms in total. The van der Waals surface area contributed by atoms with Gasteiger partial charge in [0.2, 0.25) is 0 Å². The highest BCUT2D eigenvalue weighted by Crippen LogP contribution is 2.18. The molecule has 1 aromatic heterocycles. The Morgan fingerprint density at radius 2 is 2.21 bits per heavy atom. The molecule has 0 amide bonds. The van der Waals surface area contributed by atoms with E-state index in [9.17, 15) is 8.42 Å². The van der Waals surface area contributed by atoms with Crippen molar-refractivity contribution in [2.45, 2.75) is 11.8 Å². The third-order valence-corrected chi connectivity index (χ3v) is 4.20. The summed E-state index contributed by atoms with van der Waals surface area (Å²) in [6.07, 6.45) is 1.26. The molecule has 19 heavy (non-hydrogen) atoms. The molecular weight excluding hydrogens is 284 g/mol. The predicted molar refractivity (Wildman–Crippen MR) is 76.5 cm³/mol. The number of anilines is 1. The number of H-pyrrole nitrogens is 1. The number of aromatic amines is 1. The Morgan fingerprint density at radius 3 is 2.79 bits per heavy atom. The normalized spacial score (nSPS) is 11.2. The fourth-order valence-electron chi connectivity index (χ4n) is 1.56. The van der Waals surface area contributed by atoms with Crippen molar-refractivity contribution in [3.8, 4) is 0 Å². The van der Waals surface area contributed by atoms with Gasteiger partial charge in [-0.25, -0.2) is 8.42 Å². The first-order valence-corrected chi connectivity index (χ1v) is 7.22. The van der Waals surface area contributed by atoms with E-state index >= 15 is 0 Å². The van der Waals surface area contributed by atoms with Crippen LogP contribution in [0.5, 0.6) is 0 Å². The van der Waals surface area contributed by atoms with E-state index in [1.165, 1.54) is 6.20 Å². The second kappa shape index (κ2) is 4.98. The minimum absolute atomic E-state index is 0.105. The molecule has 0 aliphatic carbocycles. The Morgan fingerprint density at radius 1 is 1.47 bits per heavy atom. The van der Waals surface area contributed by atoms with E-state index in [4.69, 9.17) is 18.0 Å². The molecule has 100 valence electrons. The number of benzene rings is 1. The average molecular weight is 296 g/mol. The molecule has 2 rings (SSSR count). The number of hydrogen-bond acceptors (Lipinski definition) is 4. The lowest BCUT2D eigenvalue weighted by Crippen LogP contribution is -2.15. The first kappa shape index (κ1) is 13.5. The average Bonchev–Trinajstić information content (AvgIpc) is 2.76. The maximum Gasteiger partial charge on any atom is 0.265 e. The second-order valence-corrected chi connectivity index (χ2v) is 6.00. The van der Waals surface area contributed by atoms with Gasteiger partial charge in [-0.1, -0.05) is 24.4 Å². The van der Waals surface area contributed by atoms with Crippen LogP contribution in [-0.4, -0.2) is 23.6 Å². The Hall–Kier alpha value is -1.93. The van der Waals surface area contributed by atoms with Crippen molar-refractivity contribution in [1.29, 1.82) is 0 Å². The smallest absolute Gasteiger partial charge is 0.265 e. The van der Waals surface area contributed by atoms with Crippen LogP contribution in [0.1, 0.15) is 11.3 Å². The summed E-state index contributed by atoms with van der Waals surface area (Å²) >= 11 is 4.85. The molecular formula is C11H12N4O2S2. The number of nitrogens with one attached hydrogen (secondary N) is 2. The van der Waals surface area contributed by atoms with Gasteiger partial charge in [0, 0.05) is 11.3 Å². The van der Waals surface area contributed by atoms with Crippen LogP contribution in [0.2, 0.25) is 0 Å². The van der Waals surface area contributed by atoms with Gasteiger partial charge >= 0.3 is 0 Å². The van der Waals surface area contributed by atoms with Crippen molar-refractivity contribution in [2.75, 3.05) is 4.72 Å². The molecule has 4 N–H and O–H groups in total. The zero-order valence-electron chi connectivity index (χ0n) is 10.0. The van der Waals surface area contributed by atoms with Crippen molar-refractivity contribution >= 4 is 32.9 Å². The van der Waals surface area contributed by atoms with Crippen molar-refractivity contribution in [2.24, 2.45) is 5.73 Å². The highest BCUT2D eigenvalue weighted by atomic mass is 32.2. The molecule has 0 bridgehead atoms. The van der Waals surface area contributed by atoms with Crippen molar-refractivity contribution in [1.82, 2.24) is 10.2 Å². The molecule has 0 spiro atoms. The molecule has 0 atom stereocenters. The minimum Gasteiger partial charge on any atom is -0.389 e. The van der Waals surface area contributed by atoms with E-state index in [0.29, 0.717) is 16.9 Å². The molecule has 0 saturated carbocycles. The molecule has 8 heteroatoms. The first-order valence-electron chi connectivity index (χ1n) is 5.33. The maximum absolute atomic E-state index is 12.1. The van der Waals surface area contributed by atoms with E-state index in [1.807, 2.05) is 0 Å². The summed E-state index contributed by atoms with van der Waals surface area (Å²) in [7, 11) is -3.67. The molecule has 0 aliphatic rings. The number of hydrogen-bond donors (Lipinski definition) is 3. The summed E-state index contributed by atoms with van der Waals surface area (Å²) in [6, 6.07) is 6.59. The zero-order chi connectivity index (χ0) is 14.0. The lowest BCUT2D eigenvalue weighted by Gasteiger charge is -2.08. The van der Waals surface area contributed by atoms with Gasteiger partial charge in [0.15, 0.2) is 0 Å². The Balaban J connectivity index is 2.34. The lowest BCUT2D eigenvalue weighted by atomic mass is 10.2. The van der Waals surface area contributed by atoms with Crippen LogP contribution in [0.15, 0.2) is 35.4 Å². The summed E-state index contributed by atoms with van der Waals surface area (Å²) in [5.41, 5.74) is 6.97. The van der Waals surface area contributed by atoms with E-state index in [2.05, 4.69) is 14.9 Å². The van der Waals surface area contributed by atoms with Crippen LogP contribution >= 0.6 is 12.2 Å². The fourth-order valence-corrected chi connectivity index (χ4v) is 2.87. The highest BCUT2D eigenvalue weighted by molar-refractivity contribution is 7.92. The van der Waals surface area contributed by atoms with Crippen LogP contribution in [0, 0.1) is 6.92 Å². The van der Waals surface area contributed by atoms with Crippen molar-refractivity contribution in [3.63, 3.8) is 0 Å². The van der Waals surface area contributed by atoms with Crippen LogP contribution in [0.4, 0.5) is 5.69 Å². The van der Waals surface area contributed by atoms with Gasteiger partial charge in [0.1, 0.15) is 9.88 Å². The third-order valence-electron chi connectivity index (χ3n) is 2.47. The van der Waals surface area contributed by atoms with Crippen molar-refractivity contribution in [3.05, 3.63) is 41.7 Å². The predicted octanol–water partition coefficient (Wildman–Crippen LogP) is 1.15. The van der Waals surface area contributed by atoms with Crippen LogP contribution in [0.25, 0.3) is 0 Å². The van der Waals surface area contributed by atoms with E-state index < -0.39 is 10.0 Å². The van der Waals surface area contributed by atoms with Crippen LogP contribution in [-0.2, 0) is 10.0 Å². The number of thiocarbonyl (C=S) groups is 1. The minimum atomic E-state index is -3.67. The summed E-state index contributed by atoms with van der Waals surface area (Å²) in [6.45, 7) is 1.63. The molecule has 0 radical (unpaired) electrons. The van der Waals surface area contributed by atoms with Crippen LogP contribution in [0.3, 0.4) is 0 Å². The fraction of sp³-hybridized carbons (Fsp3) is 0.0909. The van der Waals surface area contributed by atoms with Crippen LogP contribution < -0.4 is 10.5 Å². The van der Waals surface area contributed by atoms with E-state index in [0.717, 1.165) is 0 Å². The van der Waals surface area contributed by atoms with Gasteiger partial charge < -0.3 is 5.73 Å². The number of nitrogens with two attached hydrogens (primary N) is 1. The Kier molecular flexibility index (Phi) is 3.54. The molecule has 0 unspecified atom stereocenters. The first-order chi connectivity index (χ1) is 8.90. The second-order valence-electron chi connectivity index (χ2n) is 3.91. The monoisotopic (exact) mass is 296 g/mol. The number of aromatic nitrogens is 2. The number of nitrogens with zero attached hydrogens (tertiary/aromatic N) is 1. The standard InChI is InChI=1S/C11H12N4O2S2/c1-7-10(6-13-14-7)19(16,17)15-9-4-2-3-8(5-9)11(12)18/h2-6,15H,1H3,(H2,12,18)(H,13,14). The molecule has 0 aliphatic heterocycles. The number of rotatable bonds is 4. The van der Waals surface area contributed by atoms with Gasteiger partial charge in [0.25, 0.3) is 10.0 Å². The molecule has 0 fully saturated rings. The highest BCUT2D eigenvalue weighted by Gasteiger charge is 2.18. The Bertz CT molecular complexity index is 722. The molecule has 1 heterocycles. The largest absolute Gasteiger partial charge is 0.389 e. The summed E-state index contributed by atoms with van der Waals surface area (Å²) in [5, 5.41) is 6.27. The van der Waals surface area contributed by atoms with E-state index in [-0.39, 0.29) is 9.88 Å². The lowest BCUT2D eigenvalue weighted by molar-refractivity contribution is 0.600. The van der Waals surface area contributed by atoms with Gasteiger partial charge in [-0.2, -0.15) is 5.10 Å². The molecule has 1 aromatic carbocycles. The summed E-state index contributed by atoms with van der Waals surface area (Å²) < 4.78 is 26.7. The topological polar surface area (TPSA) is 101 Å². The zero-order valence-corrected chi connectivity index (χ0v) is 11.7. The summed E-state index contributed by atoms with van der Waals surface area (Å²) in [5.74, 6) is 0. The van der Waals surface area contributed by atoms with E-state index in [1.54, 1.807) is 31.2 Å². The Labute approximate surface area is 116 Å². The van der Waals surface area contributed by atoms with Gasteiger partial charge in [-0.3, -0.25) is 9.82 Å². The third kappa shape index (κ3) is 2.91. The molecule has 0 saturated heterocycles. The maximum atomic E-state index is 12.1. The summed E-state index contributed by atoms with van der Waals surface area (Å²) in [4.78, 5) is 0.314. The van der Waals surface area contributed by atoms with Gasteiger partial charge in [-0.05, 0) is 19.1 Å². The SMILES string of the molecule is Cc1[nH]ncc1S(=O)(=O)Nc1cccc(C(N)=S)c1. The quantitative estimate of drug-likeness (QED) is 0.735. The number of sulfonamides is 1. The number of aryl methyl sites for hydroxylation is 1. The van der Waals surface area contributed by atoms with Gasteiger partial charge in [0.05, 0.1) is 11.9 Å². The molecule has 2 aromatic rings.